The number of halogens is 1. The highest BCUT2D eigenvalue weighted by Crippen LogP contribution is 2.45. The number of ether oxygens (including phenoxy) is 3. The third kappa shape index (κ3) is 4.24. The fourth-order valence-electron chi connectivity index (χ4n) is 4.02. The van der Waals surface area contributed by atoms with Gasteiger partial charge in [0.2, 0.25) is 0 Å². The lowest BCUT2D eigenvalue weighted by atomic mass is 9.94. The molecule has 0 bridgehead atoms. The Kier molecular flexibility index (Phi) is 6.57. The van der Waals surface area contributed by atoms with Crippen molar-refractivity contribution in [2.45, 2.75) is 6.04 Å². The van der Waals surface area contributed by atoms with Gasteiger partial charge in [0, 0.05) is 5.69 Å². The van der Waals surface area contributed by atoms with Gasteiger partial charge in [-0.15, -0.1) is 0 Å². The normalized spacial score (nSPS) is 16.9. The van der Waals surface area contributed by atoms with Crippen molar-refractivity contribution >= 4 is 34.7 Å². The predicted molar refractivity (Wildman–Crippen MR) is 130 cm³/mol. The van der Waals surface area contributed by atoms with Crippen LogP contribution in [0.25, 0.3) is 5.76 Å². The Morgan fingerprint density at radius 1 is 0.886 bits per heavy atom. The summed E-state index contributed by atoms with van der Waals surface area (Å²) in [7, 11) is 4.35. The monoisotopic (exact) mass is 495 g/mol. The molecular formula is C26H22ClNO7. The van der Waals surface area contributed by atoms with Crippen LogP contribution in [0.5, 0.6) is 23.0 Å². The highest BCUT2D eigenvalue weighted by Gasteiger charge is 2.47. The van der Waals surface area contributed by atoms with Gasteiger partial charge in [0.1, 0.15) is 28.8 Å². The minimum absolute atomic E-state index is 0.00709. The summed E-state index contributed by atoms with van der Waals surface area (Å²) >= 11 is 6.30. The first-order valence-corrected chi connectivity index (χ1v) is 10.8. The van der Waals surface area contributed by atoms with Crippen LogP contribution in [0.4, 0.5) is 5.69 Å². The standard InChI is InChI=1S/C26H22ClNO7/c1-33-17-9-11-20(34-2)18(13-17)24(30)22-23(14-4-7-16(29)8-5-14)28(26(32)25(22)31)15-6-10-21(35-3)19(27)12-15/h4-13,23,29-30H,1-3H3/b24-22+. The first-order valence-electron chi connectivity index (χ1n) is 10.5. The van der Waals surface area contributed by atoms with E-state index in [1.165, 1.54) is 50.5 Å². The Bertz CT molecular complexity index is 1330. The number of aliphatic hydroxyl groups is 1. The lowest BCUT2D eigenvalue weighted by Gasteiger charge is -2.26. The minimum Gasteiger partial charge on any atom is -0.508 e. The third-order valence-electron chi connectivity index (χ3n) is 5.73. The zero-order valence-electron chi connectivity index (χ0n) is 19.1. The maximum absolute atomic E-state index is 13.3. The summed E-state index contributed by atoms with van der Waals surface area (Å²) in [5.41, 5.74) is 0.838. The van der Waals surface area contributed by atoms with Crippen molar-refractivity contribution in [1.29, 1.82) is 0 Å². The average Bonchev–Trinajstić information content (AvgIpc) is 3.13. The number of methoxy groups -OCH3 is 3. The van der Waals surface area contributed by atoms with Gasteiger partial charge in [-0.1, -0.05) is 23.7 Å². The summed E-state index contributed by atoms with van der Waals surface area (Å²) in [5, 5.41) is 21.4. The molecule has 1 heterocycles. The van der Waals surface area contributed by atoms with Crippen LogP contribution in [0.15, 0.2) is 66.2 Å². The maximum Gasteiger partial charge on any atom is 0.300 e. The number of hydrogen-bond donors (Lipinski definition) is 2. The number of carbonyl (C=O) groups excluding carboxylic acids is 2. The fraction of sp³-hybridized carbons (Fsp3) is 0.154. The van der Waals surface area contributed by atoms with Crippen molar-refractivity contribution < 1.29 is 34.0 Å². The zero-order valence-corrected chi connectivity index (χ0v) is 19.9. The van der Waals surface area contributed by atoms with E-state index in [4.69, 9.17) is 25.8 Å². The van der Waals surface area contributed by atoms with Crippen LogP contribution in [0, 0.1) is 0 Å². The highest BCUT2D eigenvalue weighted by molar-refractivity contribution is 6.52. The summed E-state index contributed by atoms with van der Waals surface area (Å²) in [4.78, 5) is 27.9. The van der Waals surface area contributed by atoms with Crippen LogP contribution in [-0.2, 0) is 9.59 Å². The quantitative estimate of drug-likeness (QED) is 0.290. The summed E-state index contributed by atoms with van der Waals surface area (Å²) < 4.78 is 15.8. The SMILES string of the molecule is COc1ccc(OC)c(/C(O)=C2\C(=O)C(=O)N(c3ccc(OC)c(Cl)c3)C2c2ccc(O)cc2)c1. The lowest BCUT2D eigenvalue weighted by Crippen LogP contribution is -2.29. The average molecular weight is 496 g/mol. The summed E-state index contributed by atoms with van der Waals surface area (Å²) in [6.07, 6.45) is 0. The Hall–Kier alpha value is -4.17. The molecule has 0 aliphatic carbocycles. The van der Waals surface area contributed by atoms with E-state index >= 15 is 0 Å². The third-order valence-corrected chi connectivity index (χ3v) is 6.02. The van der Waals surface area contributed by atoms with Crippen LogP contribution >= 0.6 is 11.6 Å². The van der Waals surface area contributed by atoms with E-state index in [0.717, 1.165) is 0 Å². The van der Waals surface area contributed by atoms with Gasteiger partial charge in [-0.25, -0.2) is 0 Å². The molecular weight excluding hydrogens is 474 g/mol. The van der Waals surface area contributed by atoms with E-state index < -0.39 is 23.5 Å². The number of ketones is 1. The molecule has 1 fully saturated rings. The van der Waals surface area contributed by atoms with Gasteiger partial charge in [-0.2, -0.15) is 0 Å². The molecule has 1 aliphatic rings. The summed E-state index contributed by atoms with van der Waals surface area (Å²) in [6, 6.07) is 14.4. The number of hydrogen-bond acceptors (Lipinski definition) is 7. The topological polar surface area (TPSA) is 106 Å². The molecule has 1 saturated heterocycles. The number of Topliss-reactive ketones (excluding diaryl/α,β-unsaturated/α-hetero) is 1. The first-order chi connectivity index (χ1) is 16.8. The van der Waals surface area contributed by atoms with Crippen LogP contribution < -0.4 is 19.1 Å². The van der Waals surface area contributed by atoms with E-state index in [2.05, 4.69) is 0 Å². The second kappa shape index (κ2) is 9.60. The molecule has 4 rings (SSSR count). The first kappa shape index (κ1) is 24.0. The summed E-state index contributed by atoms with van der Waals surface area (Å²) in [5.74, 6) is -1.07. The van der Waals surface area contributed by atoms with Crippen molar-refractivity contribution in [2.75, 3.05) is 26.2 Å². The predicted octanol–water partition coefficient (Wildman–Crippen LogP) is 4.70. The second-order valence-corrected chi connectivity index (χ2v) is 8.05. The number of aliphatic hydroxyl groups excluding tert-OH is 1. The van der Waals surface area contributed by atoms with Crippen LogP contribution in [0.3, 0.4) is 0 Å². The smallest absolute Gasteiger partial charge is 0.300 e. The van der Waals surface area contributed by atoms with Crippen molar-refractivity contribution in [2.24, 2.45) is 0 Å². The molecule has 0 saturated carbocycles. The van der Waals surface area contributed by atoms with Gasteiger partial charge in [0.15, 0.2) is 0 Å². The number of phenolic OH excluding ortho intramolecular Hbond substituents is 1. The van der Waals surface area contributed by atoms with Crippen molar-refractivity contribution in [3.05, 3.63) is 82.4 Å². The second-order valence-electron chi connectivity index (χ2n) is 7.65. The molecule has 1 unspecified atom stereocenters. The van der Waals surface area contributed by atoms with Gasteiger partial charge in [-0.05, 0) is 54.1 Å². The molecule has 1 atom stereocenters. The molecule has 3 aromatic carbocycles. The van der Waals surface area contributed by atoms with Gasteiger partial charge in [0.25, 0.3) is 11.7 Å². The van der Waals surface area contributed by atoms with Gasteiger partial charge in [-0.3, -0.25) is 14.5 Å². The molecule has 9 heteroatoms. The zero-order chi connectivity index (χ0) is 25.3. The highest BCUT2D eigenvalue weighted by atomic mass is 35.5. The Labute approximate surface area is 206 Å². The molecule has 1 amide bonds. The maximum atomic E-state index is 13.3. The van der Waals surface area contributed by atoms with E-state index in [0.29, 0.717) is 22.7 Å². The van der Waals surface area contributed by atoms with E-state index in [9.17, 15) is 19.8 Å². The molecule has 35 heavy (non-hydrogen) atoms. The Morgan fingerprint density at radius 2 is 1.54 bits per heavy atom. The number of aromatic hydroxyl groups is 1. The number of rotatable bonds is 6. The number of benzene rings is 3. The molecule has 2 N–H and O–H groups in total. The summed E-state index contributed by atoms with van der Waals surface area (Å²) in [6.45, 7) is 0. The minimum atomic E-state index is -1.02. The van der Waals surface area contributed by atoms with Gasteiger partial charge < -0.3 is 24.4 Å². The molecule has 0 spiro atoms. The number of amides is 1. The fourth-order valence-corrected chi connectivity index (χ4v) is 4.27. The number of phenols is 1. The van der Waals surface area contributed by atoms with Crippen LogP contribution in [-0.4, -0.2) is 43.2 Å². The number of nitrogens with zero attached hydrogens (tertiary/aromatic N) is 1. The van der Waals surface area contributed by atoms with Gasteiger partial charge in [0.05, 0.1) is 43.5 Å². The Balaban J connectivity index is 1.98. The van der Waals surface area contributed by atoms with Crippen molar-refractivity contribution in [3.63, 3.8) is 0 Å². The lowest BCUT2D eigenvalue weighted by molar-refractivity contribution is -0.132. The van der Waals surface area contributed by atoms with Crippen molar-refractivity contribution in [1.82, 2.24) is 0 Å². The van der Waals surface area contributed by atoms with E-state index in [-0.39, 0.29) is 27.7 Å². The molecule has 1 aliphatic heterocycles. The van der Waals surface area contributed by atoms with E-state index in [1.54, 1.807) is 36.4 Å². The van der Waals surface area contributed by atoms with Gasteiger partial charge >= 0.3 is 0 Å². The number of anilines is 1. The molecule has 0 radical (unpaired) electrons. The Morgan fingerprint density at radius 3 is 2.14 bits per heavy atom. The largest absolute Gasteiger partial charge is 0.508 e. The van der Waals surface area contributed by atoms with Crippen molar-refractivity contribution in [3.8, 4) is 23.0 Å². The van der Waals surface area contributed by atoms with E-state index in [1.807, 2.05) is 0 Å². The molecule has 180 valence electrons. The van der Waals surface area contributed by atoms with Crippen LogP contribution in [0.2, 0.25) is 5.02 Å². The van der Waals surface area contributed by atoms with Crippen LogP contribution in [0.1, 0.15) is 17.2 Å². The number of carbonyl (C=O) groups is 2. The molecule has 0 aromatic heterocycles. The molecule has 8 nitrogen and oxygen atoms in total. The molecule has 3 aromatic rings.